The van der Waals surface area contributed by atoms with E-state index in [2.05, 4.69) is 32.5 Å². The minimum absolute atomic E-state index is 0.0305. The van der Waals surface area contributed by atoms with Crippen LogP contribution in [-0.4, -0.2) is 131 Å². The number of fused-ring (bicyclic) bond motifs is 2. The van der Waals surface area contributed by atoms with Crippen molar-refractivity contribution in [3.63, 3.8) is 0 Å². The smallest absolute Gasteiger partial charge is 0.401 e. The van der Waals surface area contributed by atoms with Crippen molar-refractivity contribution in [1.82, 2.24) is 35.2 Å². The molecule has 0 aromatic carbocycles. The molecule has 0 spiro atoms. The number of allylic oxidation sites excluding steroid dienone is 2. The zero-order valence-electron chi connectivity index (χ0n) is 35.2. The van der Waals surface area contributed by atoms with E-state index in [1.54, 1.807) is 0 Å². The van der Waals surface area contributed by atoms with Gasteiger partial charge in [-0.25, -0.2) is 29.7 Å². The van der Waals surface area contributed by atoms with Crippen LogP contribution in [0.25, 0.3) is 11.2 Å². The molecule has 14 N–H and O–H groups in total. The molecular weight excluding hydrogens is 865 g/mol. The van der Waals surface area contributed by atoms with E-state index >= 15 is 0 Å². The number of aldehydes is 1. The molecular formula is C34H63N10O14P3. The molecule has 10 atom stereocenters. The molecule has 1 saturated heterocycles. The Kier molecular flexibility index (Phi) is 21.1. The van der Waals surface area contributed by atoms with Crippen molar-refractivity contribution < 1.29 is 66.6 Å². The molecule has 1 saturated carbocycles. The summed E-state index contributed by atoms with van der Waals surface area (Å²) in [4.78, 5) is 73.1. The van der Waals surface area contributed by atoms with Gasteiger partial charge in [-0.15, -0.1) is 0 Å². The summed E-state index contributed by atoms with van der Waals surface area (Å²) in [6, 6.07) is 0. The Labute approximate surface area is 357 Å². The lowest BCUT2D eigenvalue weighted by Crippen LogP contribution is -2.46. The number of phosphoric ester groups is 1. The Morgan fingerprint density at radius 3 is 2.43 bits per heavy atom. The van der Waals surface area contributed by atoms with Gasteiger partial charge >= 0.3 is 25.0 Å². The molecule has 5 rings (SSSR count). The predicted molar refractivity (Wildman–Crippen MR) is 223 cm³/mol. The summed E-state index contributed by atoms with van der Waals surface area (Å²) in [6.45, 7) is 10.0. The number of hydrogen-bond donors (Lipinski definition) is 11. The minimum Gasteiger partial charge on any atom is -0.401 e. The SMILES string of the molecule is CC.CC(C)(COP(O)OP(O)OCC1OC(n2cnc3c(N)ncnc32)C(O)C1OP(=O)(O)O)C(O)C(=O)NCCC=O.CNCCN(N)/C1=C(\N)CCC2C(C)C2CC1. The number of anilines is 1. The van der Waals surface area contributed by atoms with Gasteiger partial charge in [0.25, 0.3) is 0 Å². The average Bonchev–Trinajstić information content (AvgIpc) is 3.45. The van der Waals surface area contributed by atoms with Gasteiger partial charge < -0.3 is 75.5 Å². The highest BCUT2D eigenvalue weighted by molar-refractivity contribution is 7.54. The number of carbonyl (C=O) groups is 2. The third-order valence-corrected chi connectivity index (χ3v) is 12.7. The minimum atomic E-state index is -5.14. The Hall–Kier alpha value is -2.60. The number of hydrazine groups is 1. The molecule has 3 aliphatic rings. The lowest BCUT2D eigenvalue weighted by Gasteiger charge is -2.29. The normalized spacial score (nSPS) is 26.6. The van der Waals surface area contributed by atoms with Crippen molar-refractivity contribution in [3.8, 4) is 0 Å². The van der Waals surface area contributed by atoms with Crippen LogP contribution < -0.4 is 27.9 Å². The van der Waals surface area contributed by atoms with Gasteiger partial charge in [-0.3, -0.25) is 13.9 Å². The summed E-state index contributed by atoms with van der Waals surface area (Å²) in [6.07, 6.45) is -0.0300. The van der Waals surface area contributed by atoms with E-state index < -0.39 is 80.2 Å². The second kappa shape index (κ2) is 24.5. The fourth-order valence-corrected chi connectivity index (χ4v) is 9.05. The zero-order chi connectivity index (χ0) is 45.7. The number of ether oxygens (including phenoxy) is 1. The molecule has 348 valence electrons. The molecule has 1 amide bonds. The Balaban J connectivity index is 0.000000432. The maximum Gasteiger partial charge on any atom is 0.470 e. The number of likely N-dealkylation sites (N-methyl/N-ethyl adjacent to an activating group) is 1. The van der Waals surface area contributed by atoms with Crippen LogP contribution in [0.3, 0.4) is 0 Å². The number of amides is 1. The molecule has 10 unspecified atom stereocenters. The van der Waals surface area contributed by atoms with Crippen LogP contribution in [0.15, 0.2) is 24.0 Å². The summed E-state index contributed by atoms with van der Waals surface area (Å²) in [7, 11) is -8.86. The first-order valence-electron chi connectivity index (χ1n) is 19.8. The maximum atomic E-state index is 12.0. The van der Waals surface area contributed by atoms with Gasteiger partial charge in [0.15, 0.2) is 17.7 Å². The van der Waals surface area contributed by atoms with E-state index in [0.717, 1.165) is 55.7 Å². The summed E-state index contributed by atoms with van der Waals surface area (Å²) in [5.41, 5.74) is 13.2. The van der Waals surface area contributed by atoms with E-state index in [0.29, 0.717) is 6.29 Å². The monoisotopic (exact) mass is 928 g/mol. The average molecular weight is 929 g/mol. The molecule has 27 heteroatoms. The number of aromatic nitrogens is 4. The topological polar surface area (TPSA) is 368 Å². The molecule has 24 nitrogen and oxygen atoms in total. The van der Waals surface area contributed by atoms with Crippen molar-refractivity contribution >= 4 is 54.2 Å². The molecule has 2 fully saturated rings. The van der Waals surface area contributed by atoms with Gasteiger partial charge in [0.05, 0.1) is 19.5 Å². The summed E-state index contributed by atoms with van der Waals surface area (Å²) in [5, 5.41) is 28.4. The highest BCUT2D eigenvalue weighted by Crippen LogP contribution is 2.54. The van der Waals surface area contributed by atoms with Crippen LogP contribution in [0.4, 0.5) is 5.82 Å². The van der Waals surface area contributed by atoms with E-state index in [1.165, 1.54) is 43.3 Å². The highest BCUT2D eigenvalue weighted by atomic mass is 31.2. The van der Waals surface area contributed by atoms with Crippen molar-refractivity contribution in [2.75, 3.05) is 45.6 Å². The van der Waals surface area contributed by atoms with E-state index in [9.17, 15) is 43.9 Å². The second-order valence-corrected chi connectivity index (χ2v) is 18.3. The number of nitrogens with one attached hydrogen (secondary N) is 2. The third kappa shape index (κ3) is 15.3. The Bertz CT molecular complexity index is 1780. The van der Waals surface area contributed by atoms with Crippen LogP contribution in [0.1, 0.15) is 73.0 Å². The van der Waals surface area contributed by atoms with Crippen molar-refractivity contribution in [3.05, 3.63) is 24.0 Å². The van der Waals surface area contributed by atoms with Gasteiger partial charge in [0, 0.05) is 42.9 Å². The first-order chi connectivity index (χ1) is 28.8. The van der Waals surface area contributed by atoms with Crippen LogP contribution >= 0.6 is 25.0 Å². The lowest BCUT2D eigenvalue weighted by molar-refractivity contribution is -0.136. The number of aliphatic hydroxyl groups is 2. The van der Waals surface area contributed by atoms with Gasteiger partial charge in [-0.05, 0) is 50.5 Å². The molecule has 2 aliphatic carbocycles. The quantitative estimate of drug-likeness (QED) is 0.0287. The van der Waals surface area contributed by atoms with Gasteiger partial charge in [-0.2, -0.15) is 0 Å². The summed E-state index contributed by atoms with van der Waals surface area (Å²) >= 11 is 0. The van der Waals surface area contributed by atoms with Crippen LogP contribution in [0.5, 0.6) is 0 Å². The molecule has 2 aromatic heterocycles. The first kappa shape index (κ1) is 52.7. The molecule has 61 heavy (non-hydrogen) atoms. The largest absolute Gasteiger partial charge is 0.470 e. The second-order valence-electron chi connectivity index (χ2n) is 15.0. The number of nitrogens with zero attached hydrogens (tertiary/aromatic N) is 5. The first-order valence-corrected chi connectivity index (χ1v) is 23.5. The fraction of sp³-hybridized carbons (Fsp3) is 0.735. The van der Waals surface area contributed by atoms with E-state index in [-0.39, 0.29) is 29.9 Å². The third-order valence-electron chi connectivity index (χ3n) is 10.4. The van der Waals surface area contributed by atoms with E-state index in [1.807, 2.05) is 25.9 Å². The predicted octanol–water partition coefficient (Wildman–Crippen LogP) is 0.759. The van der Waals surface area contributed by atoms with Crippen LogP contribution in [-0.2, 0) is 36.8 Å². The van der Waals surface area contributed by atoms with Crippen LogP contribution in [0.2, 0.25) is 0 Å². The molecule has 0 bridgehead atoms. The molecule has 1 aliphatic heterocycles. The number of rotatable bonds is 20. The van der Waals surface area contributed by atoms with Gasteiger partial charge in [-0.1, -0.05) is 34.6 Å². The Morgan fingerprint density at radius 1 is 1.13 bits per heavy atom. The van der Waals surface area contributed by atoms with Gasteiger partial charge in [0.1, 0.15) is 42.5 Å². The number of carbonyl (C=O) groups excluding carboxylic acids is 2. The number of nitrogen functional groups attached to an aromatic ring is 1. The van der Waals surface area contributed by atoms with Gasteiger partial charge in [0.2, 0.25) is 5.91 Å². The van der Waals surface area contributed by atoms with Crippen LogP contribution in [0, 0.1) is 23.2 Å². The molecule has 0 radical (unpaired) electrons. The summed E-state index contributed by atoms with van der Waals surface area (Å²) in [5.74, 6) is 8.14. The lowest BCUT2D eigenvalue weighted by atomic mass is 9.87. The number of aliphatic hydroxyl groups excluding tert-OH is 2. The number of phosphoric acid groups is 1. The number of imidazole rings is 1. The van der Waals surface area contributed by atoms with Crippen molar-refractivity contribution in [2.45, 2.75) is 97.4 Å². The number of nitrogens with two attached hydrogens (primary N) is 3. The van der Waals surface area contributed by atoms with Crippen molar-refractivity contribution in [1.29, 1.82) is 0 Å². The number of hydrogen-bond acceptors (Lipinski definition) is 20. The highest BCUT2D eigenvalue weighted by Gasteiger charge is 2.49. The maximum absolute atomic E-state index is 12.0. The molecule has 3 heterocycles. The fourth-order valence-electron chi connectivity index (χ4n) is 6.90. The van der Waals surface area contributed by atoms with Crippen molar-refractivity contribution in [2.24, 2.45) is 34.7 Å². The standard InChI is InChI=1S/C19H31N6O14P3.C13H26N4.C2H6/c1-19(2,14(28)17(29)21-4-3-5-26)7-36-41(31)39-40(30)35-6-10-13(38-42(32,33)34)12(27)18(37-10)25-9-24-11-15(20)22-8-23-16(11)25;1-9-10-3-5-12(14)13(6-4-11(9)10)17(15)8-7-16-2;1-2/h5,8-10,12-14,18,27-28,30-31H,3-4,6-7H2,1-2H3,(H,21,29)(H2,20,22,23)(H2,32,33,34);9-11,16H,3-8,14-15H2,1-2H3;1-2H3/b;13-12-;. The Morgan fingerprint density at radius 2 is 1.79 bits per heavy atom. The zero-order valence-corrected chi connectivity index (χ0v) is 37.9. The molecule has 2 aromatic rings. The summed E-state index contributed by atoms with van der Waals surface area (Å²) < 4.78 is 38.3. The van der Waals surface area contributed by atoms with E-state index in [4.69, 9.17) is 39.9 Å².